The number of hydrogen-bond donors (Lipinski definition) is 2. The van der Waals surface area contributed by atoms with Crippen molar-refractivity contribution >= 4 is 23.2 Å². The third kappa shape index (κ3) is 3.13. The molecule has 0 aromatic heterocycles. The highest BCUT2D eigenvalue weighted by molar-refractivity contribution is 6.35. The summed E-state index contributed by atoms with van der Waals surface area (Å²) in [5, 5.41) is 10.5. The second-order valence-electron chi connectivity index (χ2n) is 3.29. The molecule has 0 saturated carbocycles. The Morgan fingerprint density at radius 3 is 2.67 bits per heavy atom. The average molecular weight is 246 g/mol. The van der Waals surface area contributed by atoms with Gasteiger partial charge in [-0.2, -0.15) is 0 Å². The van der Waals surface area contributed by atoms with Crippen molar-refractivity contribution in [1.82, 2.24) is 0 Å². The van der Waals surface area contributed by atoms with E-state index >= 15 is 0 Å². The lowest BCUT2D eigenvalue weighted by Gasteiger charge is -2.14. The maximum atomic E-state index is 9.67. The first-order valence-corrected chi connectivity index (χ1v) is 5.36. The molecule has 0 saturated heterocycles. The molecule has 15 heavy (non-hydrogen) atoms. The van der Waals surface area contributed by atoms with Crippen LogP contribution in [0.25, 0.3) is 0 Å². The van der Waals surface area contributed by atoms with Gasteiger partial charge in [-0.1, -0.05) is 29.3 Å². The molecule has 0 heterocycles. The topological polar surface area (TPSA) is 46.2 Å². The molecule has 1 aromatic carbocycles. The number of rotatable bonds is 4. The normalized spacial score (nSPS) is 12.5. The number of phenols is 1. The van der Waals surface area contributed by atoms with Crippen LogP contribution in [0.1, 0.15) is 24.4 Å². The SMILES string of the molecule is C=CCC[C@@H](N)c1c(O)cc(Cl)cc1Cl. The van der Waals surface area contributed by atoms with Crippen LogP contribution in [0.4, 0.5) is 0 Å². The zero-order valence-corrected chi connectivity index (χ0v) is 9.72. The van der Waals surface area contributed by atoms with Gasteiger partial charge in [-0.25, -0.2) is 0 Å². The van der Waals surface area contributed by atoms with Gasteiger partial charge >= 0.3 is 0 Å². The van der Waals surface area contributed by atoms with E-state index in [-0.39, 0.29) is 11.8 Å². The molecule has 0 aliphatic rings. The van der Waals surface area contributed by atoms with Crippen molar-refractivity contribution in [2.75, 3.05) is 0 Å². The summed E-state index contributed by atoms with van der Waals surface area (Å²) < 4.78 is 0. The third-order valence-electron chi connectivity index (χ3n) is 2.13. The van der Waals surface area contributed by atoms with Crippen molar-refractivity contribution in [3.05, 3.63) is 40.4 Å². The Kier molecular flexibility index (Phi) is 4.45. The number of benzene rings is 1. The number of hydrogen-bond acceptors (Lipinski definition) is 2. The summed E-state index contributed by atoms with van der Waals surface area (Å²) in [6.45, 7) is 3.61. The smallest absolute Gasteiger partial charge is 0.123 e. The van der Waals surface area contributed by atoms with Gasteiger partial charge in [-0.05, 0) is 25.0 Å². The molecule has 1 aromatic rings. The van der Waals surface area contributed by atoms with Crippen molar-refractivity contribution in [2.45, 2.75) is 18.9 Å². The summed E-state index contributed by atoms with van der Waals surface area (Å²) >= 11 is 11.7. The zero-order chi connectivity index (χ0) is 11.4. The molecule has 0 bridgehead atoms. The maximum absolute atomic E-state index is 9.67. The Morgan fingerprint density at radius 1 is 1.47 bits per heavy atom. The monoisotopic (exact) mass is 245 g/mol. The van der Waals surface area contributed by atoms with Crippen LogP contribution in [-0.4, -0.2) is 5.11 Å². The summed E-state index contributed by atoms with van der Waals surface area (Å²) in [5.41, 5.74) is 6.44. The van der Waals surface area contributed by atoms with E-state index in [1.54, 1.807) is 12.1 Å². The Hall–Kier alpha value is -0.700. The molecule has 1 atom stereocenters. The highest BCUT2D eigenvalue weighted by atomic mass is 35.5. The lowest BCUT2D eigenvalue weighted by molar-refractivity contribution is 0.459. The van der Waals surface area contributed by atoms with Gasteiger partial charge in [0.2, 0.25) is 0 Å². The minimum atomic E-state index is -0.298. The van der Waals surface area contributed by atoms with E-state index < -0.39 is 0 Å². The molecule has 0 amide bonds. The van der Waals surface area contributed by atoms with Gasteiger partial charge in [0.15, 0.2) is 0 Å². The predicted molar refractivity (Wildman–Crippen MR) is 64.5 cm³/mol. The fourth-order valence-corrected chi connectivity index (χ4v) is 2.00. The van der Waals surface area contributed by atoms with Crippen molar-refractivity contribution in [3.8, 4) is 5.75 Å². The Morgan fingerprint density at radius 2 is 2.13 bits per heavy atom. The van der Waals surface area contributed by atoms with E-state index in [1.165, 1.54) is 6.07 Å². The second kappa shape index (κ2) is 5.40. The van der Waals surface area contributed by atoms with Crippen LogP contribution in [0.3, 0.4) is 0 Å². The van der Waals surface area contributed by atoms with E-state index in [4.69, 9.17) is 28.9 Å². The minimum absolute atomic E-state index is 0.0454. The molecule has 4 heteroatoms. The first-order chi connectivity index (χ1) is 7.06. The quantitative estimate of drug-likeness (QED) is 0.796. The fourth-order valence-electron chi connectivity index (χ4n) is 1.38. The van der Waals surface area contributed by atoms with Gasteiger partial charge in [-0.3, -0.25) is 0 Å². The first-order valence-electron chi connectivity index (χ1n) is 4.60. The lowest BCUT2D eigenvalue weighted by atomic mass is 10.0. The fraction of sp³-hybridized carbons (Fsp3) is 0.273. The van der Waals surface area contributed by atoms with Gasteiger partial charge in [-0.15, -0.1) is 6.58 Å². The number of nitrogens with two attached hydrogens (primary N) is 1. The standard InChI is InChI=1S/C11H13Cl2NO/c1-2-3-4-9(14)11-8(13)5-7(12)6-10(11)15/h2,5-6,9,15H,1,3-4,14H2/t9-/m1/s1. The maximum Gasteiger partial charge on any atom is 0.123 e. The molecule has 1 rings (SSSR count). The highest BCUT2D eigenvalue weighted by Gasteiger charge is 2.15. The third-order valence-corrected chi connectivity index (χ3v) is 2.66. The largest absolute Gasteiger partial charge is 0.508 e. The molecular weight excluding hydrogens is 233 g/mol. The Labute approximate surface area is 99.3 Å². The molecule has 0 aliphatic heterocycles. The molecule has 0 fully saturated rings. The van der Waals surface area contributed by atoms with Crippen molar-refractivity contribution in [3.63, 3.8) is 0 Å². The van der Waals surface area contributed by atoms with Crippen LogP contribution in [0.15, 0.2) is 24.8 Å². The molecule has 0 unspecified atom stereocenters. The summed E-state index contributed by atoms with van der Waals surface area (Å²) in [5.74, 6) is 0.0454. The van der Waals surface area contributed by atoms with E-state index in [0.29, 0.717) is 22.0 Å². The predicted octanol–water partition coefficient (Wildman–Crippen LogP) is 3.67. The molecule has 3 N–H and O–H groups in total. The molecular formula is C11H13Cl2NO. The van der Waals surface area contributed by atoms with Crippen LogP contribution in [0.5, 0.6) is 5.75 Å². The van der Waals surface area contributed by atoms with Gasteiger partial charge in [0.05, 0.1) is 5.02 Å². The molecule has 0 spiro atoms. The van der Waals surface area contributed by atoms with E-state index in [1.807, 2.05) is 0 Å². The number of phenolic OH excluding ortho intramolecular Hbond substituents is 1. The zero-order valence-electron chi connectivity index (χ0n) is 8.21. The van der Waals surface area contributed by atoms with Crippen LogP contribution in [-0.2, 0) is 0 Å². The van der Waals surface area contributed by atoms with Gasteiger partial charge in [0.25, 0.3) is 0 Å². The first kappa shape index (κ1) is 12.4. The summed E-state index contributed by atoms with van der Waals surface area (Å²) in [7, 11) is 0. The summed E-state index contributed by atoms with van der Waals surface area (Å²) in [6, 6.07) is 2.72. The van der Waals surface area contributed by atoms with Gasteiger partial charge in [0, 0.05) is 16.6 Å². The van der Waals surface area contributed by atoms with Crippen molar-refractivity contribution in [2.24, 2.45) is 5.73 Å². The van der Waals surface area contributed by atoms with Crippen molar-refractivity contribution in [1.29, 1.82) is 0 Å². The summed E-state index contributed by atoms with van der Waals surface area (Å²) in [4.78, 5) is 0. The van der Waals surface area contributed by atoms with Crippen LogP contribution >= 0.6 is 23.2 Å². The molecule has 82 valence electrons. The van der Waals surface area contributed by atoms with E-state index in [2.05, 4.69) is 6.58 Å². The second-order valence-corrected chi connectivity index (χ2v) is 4.14. The van der Waals surface area contributed by atoms with Gasteiger partial charge < -0.3 is 10.8 Å². The van der Waals surface area contributed by atoms with Crippen molar-refractivity contribution < 1.29 is 5.11 Å². The van der Waals surface area contributed by atoms with Crippen LogP contribution < -0.4 is 5.73 Å². The van der Waals surface area contributed by atoms with E-state index in [9.17, 15) is 5.11 Å². The number of aromatic hydroxyl groups is 1. The van der Waals surface area contributed by atoms with Crippen LogP contribution in [0, 0.1) is 0 Å². The van der Waals surface area contributed by atoms with Gasteiger partial charge in [0.1, 0.15) is 5.75 Å². The number of allylic oxidation sites excluding steroid dienone is 1. The van der Waals surface area contributed by atoms with E-state index in [0.717, 1.165) is 6.42 Å². The number of halogens is 2. The lowest BCUT2D eigenvalue weighted by Crippen LogP contribution is -2.10. The average Bonchev–Trinajstić information content (AvgIpc) is 2.12. The van der Waals surface area contributed by atoms with Crippen LogP contribution in [0.2, 0.25) is 10.0 Å². The Bertz CT molecular complexity index is 343. The summed E-state index contributed by atoms with van der Waals surface area (Å²) in [6.07, 6.45) is 3.25. The molecule has 0 aliphatic carbocycles. The Balaban J connectivity index is 2.97. The molecule has 0 radical (unpaired) electrons. The minimum Gasteiger partial charge on any atom is -0.508 e. The highest BCUT2D eigenvalue weighted by Crippen LogP contribution is 2.35. The molecule has 2 nitrogen and oxygen atoms in total.